The molecular formula is C13H14N4O. The number of aromatic nitrogens is 2. The number of pyridine rings is 2. The first-order valence-corrected chi connectivity index (χ1v) is 5.57. The highest BCUT2D eigenvalue weighted by atomic mass is 16.1. The van der Waals surface area contributed by atoms with E-state index in [4.69, 9.17) is 0 Å². The molecule has 0 aliphatic heterocycles. The molecule has 5 nitrogen and oxygen atoms in total. The predicted octanol–water partition coefficient (Wildman–Crippen LogP) is 2.08. The average molecular weight is 242 g/mol. The van der Waals surface area contributed by atoms with Crippen LogP contribution < -0.4 is 10.6 Å². The molecule has 1 amide bonds. The van der Waals surface area contributed by atoms with E-state index >= 15 is 0 Å². The largest absolute Gasteiger partial charge is 0.387 e. The summed E-state index contributed by atoms with van der Waals surface area (Å²) in [4.78, 5) is 20.2. The number of nitrogens with one attached hydrogen (secondary N) is 2. The lowest BCUT2D eigenvalue weighted by molar-refractivity contribution is 0.102. The van der Waals surface area contributed by atoms with Gasteiger partial charge in [0.05, 0.1) is 16.9 Å². The van der Waals surface area contributed by atoms with Gasteiger partial charge in [0.15, 0.2) is 0 Å². The molecule has 0 unspecified atom stereocenters. The number of anilines is 2. The lowest BCUT2D eigenvalue weighted by Gasteiger charge is -2.10. The van der Waals surface area contributed by atoms with Crippen LogP contribution in [0.25, 0.3) is 0 Å². The number of amides is 1. The molecule has 0 radical (unpaired) electrons. The van der Waals surface area contributed by atoms with Crippen LogP contribution in [0.1, 0.15) is 16.1 Å². The van der Waals surface area contributed by atoms with E-state index in [-0.39, 0.29) is 5.91 Å². The molecule has 18 heavy (non-hydrogen) atoms. The van der Waals surface area contributed by atoms with Gasteiger partial charge in [-0.3, -0.25) is 14.8 Å². The van der Waals surface area contributed by atoms with Crippen LogP contribution in [0.4, 0.5) is 11.4 Å². The van der Waals surface area contributed by atoms with E-state index in [0.717, 1.165) is 11.4 Å². The molecule has 2 aromatic heterocycles. The minimum Gasteiger partial charge on any atom is -0.387 e. The molecule has 0 fully saturated rings. The van der Waals surface area contributed by atoms with Gasteiger partial charge in [-0.15, -0.1) is 0 Å². The van der Waals surface area contributed by atoms with Crippen LogP contribution in [0.15, 0.2) is 36.8 Å². The molecule has 92 valence electrons. The predicted molar refractivity (Wildman–Crippen MR) is 70.7 cm³/mol. The van der Waals surface area contributed by atoms with E-state index in [1.807, 2.05) is 13.0 Å². The summed E-state index contributed by atoms with van der Waals surface area (Å²) in [5.41, 5.74) is 2.72. The van der Waals surface area contributed by atoms with Crippen LogP contribution in [0, 0.1) is 6.92 Å². The zero-order valence-electron chi connectivity index (χ0n) is 10.3. The van der Waals surface area contributed by atoms with Crippen molar-refractivity contribution in [3.05, 3.63) is 48.0 Å². The van der Waals surface area contributed by atoms with Crippen LogP contribution in [0.3, 0.4) is 0 Å². The number of rotatable bonds is 3. The number of aryl methyl sites for hydroxylation is 1. The number of hydrogen-bond donors (Lipinski definition) is 2. The van der Waals surface area contributed by atoms with E-state index in [1.54, 1.807) is 31.6 Å². The van der Waals surface area contributed by atoms with Crippen molar-refractivity contribution in [3.8, 4) is 0 Å². The summed E-state index contributed by atoms with van der Waals surface area (Å²) >= 11 is 0. The standard InChI is InChI=1S/C13H14N4O/c1-9-11(4-3-6-16-9)17-13(18)10-8-15-7-5-12(10)14-2/h3-8H,1-2H3,(H,14,15)(H,17,18). The molecule has 0 aliphatic rings. The van der Waals surface area contributed by atoms with Gasteiger partial charge in [0.25, 0.3) is 5.91 Å². The van der Waals surface area contributed by atoms with Crippen molar-refractivity contribution in [2.45, 2.75) is 6.92 Å². The first-order chi connectivity index (χ1) is 8.72. The van der Waals surface area contributed by atoms with E-state index in [1.165, 1.54) is 6.20 Å². The maximum Gasteiger partial charge on any atom is 0.259 e. The Morgan fingerprint density at radius 3 is 2.78 bits per heavy atom. The fraction of sp³-hybridized carbons (Fsp3) is 0.154. The van der Waals surface area contributed by atoms with E-state index in [0.29, 0.717) is 11.3 Å². The maximum absolute atomic E-state index is 12.1. The molecular weight excluding hydrogens is 228 g/mol. The zero-order valence-corrected chi connectivity index (χ0v) is 10.3. The monoisotopic (exact) mass is 242 g/mol. The van der Waals surface area contributed by atoms with Crippen molar-refractivity contribution in [2.24, 2.45) is 0 Å². The number of carbonyl (C=O) groups is 1. The second-order valence-electron chi connectivity index (χ2n) is 3.76. The first-order valence-electron chi connectivity index (χ1n) is 5.57. The van der Waals surface area contributed by atoms with Gasteiger partial charge in [-0.1, -0.05) is 0 Å². The van der Waals surface area contributed by atoms with E-state index < -0.39 is 0 Å². The summed E-state index contributed by atoms with van der Waals surface area (Å²) in [5, 5.41) is 5.78. The summed E-state index contributed by atoms with van der Waals surface area (Å²) < 4.78 is 0. The summed E-state index contributed by atoms with van der Waals surface area (Å²) in [5.74, 6) is -0.205. The highest BCUT2D eigenvalue weighted by molar-refractivity contribution is 6.07. The third-order valence-electron chi connectivity index (χ3n) is 2.59. The van der Waals surface area contributed by atoms with Gasteiger partial charge < -0.3 is 10.6 Å². The molecule has 0 atom stereocenters. The highest BCUT2D eigenvalue weighted by Gasteiger charge is 2.11. The molecule has 0 saturated carbocycles. The molecule has 0 bridgehead atoms. The maximum atomic E-state index is 12.1. The third-order valence-corrected chi connectivity index (χ3v) is 2.59. The van der Waals surface area contributed by atoms with Crippen molar-refractivity contribution in [1.29, 1.82) is 0 Å². The molecule has 0 aliphatic carbocycles. The fourth-order valence-corrected chi connectivity index (χ4v) is 1.60. The summed E-state index contributed by atoms with van der Waals surface area (Å²) in [7, 11) is 1.77. The van der Waals surface area contributed by atoms with Crippen molar-refractivity contribution in [2.75, 3.05) is 17.7 Å². The number of nitrogens with zero attached hydrogens (tertiary/aromatic N) is 2. The van der Waals surface area contributed by atoms with E-state index in [2.05, 4.69) is 20.6 Å². The molecule has 0 saturated heterocycles. The molecule has 2 rings (SSSR count). The quantitative estimate of drug-likeness (QED) is 0.864. The molecule has 2 N–H and O–H groups in total. The second kappa shape index (κ2) is 5.27. The van der Waals surface area contributed by atoms with Crippen molar-refractivity contribution < 1.29 is 4.79 Å². The molecule has 0 spiro atoms. The Kier molecular flexibility index (Phi) is 3.52. The van der Waals surface area contributed by atoms with Crippen molar-refractivity contribution in [1.82, 2.24) is 9.97 Å². The summed E-state index contributed by atoms with van der Waals surface area (Å²) in [6.07, 6.45) is 4.86. The SMILES string of the molecule is CNc1ccncc1C(=O)Nc1cccnc1C. The van der Waals surface area contributed by atoms with Crippen molar-refractivity contribution >= 4 is 17.3 Å². The Balaban J connectivity index is 2.25. The fourth-order valence-electron chi connectivity index (χ4n) is 1.60. The Labute approximate surface area is 105 Å². The lowest BCUT2D eigenvalue weighted by atomic mass is 10.2. The van der Waals surface area contributed by atoms with Crippen LogP contribution in [-0.2, 0) is 0 Å². The Morgan fingerprint density at radius 1 is 1.22 bits per heavy atom. The first kappa shape index (κ1) is 12.0. The normalized spacial score (nSPS) is 9.89. The van der Waals surface area contributed by atoms with Crippen LogP contribution in [0.5, 0.6) is 0 Å². The third kappa shape index (κ3) is 2.45. The Hall–Kier alpha value is -2.43. The molecule has 2 aromatic rings. The number of carbonyl (C=O) groups excluding carboxylic acids is 1. The molecule has 5 heteroatoms. The molecule has 0 aromatic carbocycles. The minimum atomic E-state index is -0.205. The van der Waals surface area contributed by atoms with Crippen molar-refractivity contribution in [3.63, 3.8) is 0 Å². The average Bonchev–Trinajstić information content (AvgIpc) is 2.41. The molecule has 2 heterocycles. The van der Waals surface area contributed by atoms with Gasteiger partial charge in [0.1, 0.15) is 0 Å². The summed E-state index contributed by atoms with van der Waals surface area (Å²) in [6, 6.07) is 5.35. The van der Waals surface area contributed by atoms with Gasteiger partial charge in [-0.2, -0.15) is 0 Å². The second-order valence-corrected chi connectivity index (χ2v) is 3.76. The van der Waals surface area contributed by atoms with Gasteiger partial charge in [0.2, 0.25) is 0 Å². The number of hydrogen-bond acceptors (Lipinski definition) is 4. The highest BCUT2D eigenvalue weighted by Crippen LogP contribution is 2.16. The minimum absolute atomic E-state index is 0.205. The summed E-state index contributed by atoms with van der Waals surface area (Å²) in [6.45, 7) is 1.85. The van der Waals surface area contributed by atoms with Gasteiger partial charge in [-0.05, 0) is 25.1 Å². The Morgan fingerprint density at radius 2 is 2.06 bits per heavy atom. The van der Waals surface area contributed by atoms with E-state index in [9.17, 15) is 4.79 Å². The van der Waals surface area contributed by atoms with Gasteiger partial charge in [-0.25, -0.2) is 0 Å². The van der Waals surface area contributed by atoms with Crippen LogP contribution in [-0.4, -0.2) is 22.9 Å². The van der Waals surface area contributed by atoms with Crippen LogP contribution >= 0.6 is 0 Å². The Bertz CT molecular complexity index is 568. The van der Waals surface area contributed by atoms with Gasteiger partial charge in [0, 0.05) is 31.3 Å². The zero-order chi connectivity index (χ0) is 13.0. The van der Waals surface area contributed by atoms with Crippen LogP contribution in [0.2, 0.25) is 0 Å². The van der Waals surface area contributed by atoms with Gasteiger partial charge >= 0.3 is 0 Å². The smallest absolute Gasteiger partial charge is 0.259 e. The lowest BCUT2D eigenvalue weighted by Crippen LogP contribution is -2.15. The topological polar surface area (TPSA) is 66.9 Å².